The molecule has 0 aliphatic rings. The van der Waals surface area contributed by atoms with Crippen molar-refractivity contribution in [2.24, 2.45) is 0 Å². The van der Waals surface area contributed by atoms with Gasteiger partial charge in [0.25, 0.3) is 0 Å². The highest BCUT2D eigenvalue weighted by Crippen LogP contribution is 2.19. The number of methoxy groups -OCH3 is 1. The molecule has 2 aromatic rings. The summed E-state index contributed by atoms with van der Waals surface area (Å²) in [4.78, 5) is 15.7. The highest BCUT2D eigenvalue weighted by Gasteiger charge is 2.07. The van der Waals surface area contributed by atoms with Crippen LogP contribution in [-0.2, 0) is 11.3 Å². The first-order valence-electron chi connectivity index (χ1n) is 5.50. The van der Waals surface area contributed by atoms with Crippen LogP contribution in [0.15, 0.2) is 42.5 Å². The van der Waals surface area contributed by atoms with Crippen LogP contribution in [0.5, 0.6) is 0 Å². The number of esters is 1. The molecule has 0 bridgehead atoms. The standard InChI is InChI=1S/C14H13NO3/c1-18-14(17)11-5-2-4-10(8-11)13-7-3-6-12(9-16)15-13/h2-8,16H,9H2,1H3. The van der Waals surface area contributed by atoms with E-state index in [0.29, 0.717) is 17.0 Å². The third kappa shape index (κ3) is 2.55. The molecule has 4 nitrogen and oxygen atoms in total. The molecule has 0 saturated carbocycles. The predicted molar refractivity (Wildman–Crippen MR) is 66.9 cm³/mol. The van der Waals surface area contributed by atoms with E-state index in [1.807, 2.05) is 18.2 Å². The van der Waals surface area contributed by atoms with E-state index in [4.69, 9.17) is 5.11 Å². The number of carbonyl (C=O) groups is 1. The molecular formula is C14H13NO3. The van der Waals surface area contributed by atoms with Crippen LogP contribution in [0.25, 0.3) is 11.3 Å². The van der Waals surface area contributed by atoms with E-state index in [1.165, 1.54) is 7.11 Å². The van der Waals surface area contributed by atoms with Gasteiger partial charge in [0.1, 0.15) is 0 Å². The average molecular weight is 243 g/mol. The third-order valence-electron chi connectivity index (χ3n) is 2.55. The van der Waals surface area contributed by atoms with Crippen LogP contribution in [0.3, 0.4) is 0 Å². The van der Waals surface area contributed by atoms with Gasteiger partial charge in [0.2, 0.25) is 0 Å². The molecule has 0 aliphatic heterocycles. The smallest absolute Gasteiger partial charge is 0.337 e. The molecule has 0 spiro atoms. The number of aliphatic hydroxyl groups excluding tert-OH is 1. The van der Waals surface area contributed by atoms with E-state index < -0.39 is 0 Å². The lowest BCUT2D eigenvalue weighted by Crippen LogP contribution is -2.01. The van der Waals surface area contributed by atoms with E-state index in [-0.39, 0.29) is 12.6 Å². The summed E-state index contributed by atoms with van der Waals surface area (Å²) in [6.07, 6.45) is 0. The van der Waals surface area contributed by atoms with Gasteiger partial charge in [-0.1, -0.05) is 18.2 Å². The van der Waals surface area contributed by atoms with Gasteiger partial charge in [0, 0.05) is 5.56 Å². The zero-order valence-electron chi connectivity index (χ0n) is 9.96. The van der Waals surface area contributed by atoms with E-state index in [0.717, 1.165) is 5.56 Å². The molecule has 1 N–H and O–H groups in total. The molecule has 0 atom stereocenters. The van der Waals surface area contributed by atoms with E-state index in [9.17, 15) is 4.79 Å². The number of aromatic nitrogens is 1. The van der Waals surface area contributed by atoms with Crippen LogP contribution < -0.4 is 0 Å². The number of hydrogen-bond acceptors (Lipinski definition) is 4. The molecule has 18 heavy (non-hydrogen) atoms. The Balaban J connectivity index is 2.41. The molecule has 0 radical (unpaired) electrons. The number of aliphatic hydroxyl groups is 1. The van der Waals surface area contributed by atoms with Gasteiger partial charge in [0.05, 0.1) is 30.7 Å². The SMILES string of the molecule is COC(=O)c1cccc(-c2cccc(CO)n2)c1. The van der Waals surface area contributed by atoms with E-state index in [2.05, 4.69) is 9.72 Å². The maximum Gasteiger partial charge on any atom is 0.337 e. The lowest BCUT2D eigenvalue weighted by atomic mass is 10.1. The molecule has 0 aliphatic carbocycles. The highest BCUT2D eigenvalue weighted by atomic mass is 16.5. The van der Waals surface area contributed by atoms with Gasteiger partial charge in [-0.15, -0.1) is 0 Å². The van der Waals surface area contributed by atoms with Crippen molar-refractivity contribution in [1.82, 2.24) is 4.98 Å². The van der Waals surface area contributed by atoms with Crippen molar-refractivity contribution in [1.29, 1.82) is 0 Å². The number of benzene rings is 1. The summed E-state index contributed by atoms with van der Waals surface area (Å²) in [5.74, 6) is -0.379. The fourth-order valence-corrected chi connectivity index (χ4v) is 1.65. The Morgan fingerprint density at radius 2 is 2.06 bits per heavy atom. The minimum atomic E-state index is -0.379. The molecule has 2 rings (SSSR count). The van der Waals surface area contributed by atoms with Crippen LogP contribution in [0.4, 0.5) is 0 Å². The molecule has 92 valence electrons. The zero-order chi connectivity index (χ0) is 13.0. The van der Waals surface area contributed by atoms with Gasteiger partial charge in [-0.05, 0) is 24.3 Å². The van der Waals surface area contributed by atoms with Gasteiger partial charge in [-0.2, -0.15) is 0 Å². The van der Waals surface area contributed by atoms with Gasteiger partial charge in [-0.3, -0.25) is 4.98 Å². The zero-order valence-corrected chi connectivity index (χ0v) is 9.96. The van der Waals surface area contributed by atoms with Crippen LogP contribution in [-0.4, -0.2) is 23.2 Å². The van der Waals surface area contributed by atoms with Crippen molar-refractivity contribution < 1.29 is 14.6 Å². The Morgan fingerprint density at radius 3 is 2.78 bits per heavy atom. The Bertz CT molecular complexity index is 566. The van der Waals surface area contributed by atoms with Crippen molar-refractivity contribution in [3.63, 3.8) is 0 Å². The Labute approximate surface area is 105 Å². The normalized spacial score (nSPS) is 10.1. The highest BCUT2D eigenvalue weighted by molar-refractivity contribution is 5.90. The van der Waals surface area contributed by atoms with Crippen molar-refractivity contribution in [2.45, 2.75) is 6.61 Å². The van der Waals surface area contributed by atoms with Crippen LogP contribution in [0.2, 0.25) is 0 Å². The minimum Gasteiger partial charge on any atom is -0.465 e. The molecule has 0 saturated heterocycles. The van der Waals surface area contributed by atoms with Gasteiger partial charge >= 0.3 is 5.97 Å². The second kappa shape index (κ2) is 5.42. The molecule has 1 aromatic heterocycles. The lowest BCUT2D eigenvalue weighted by Gasteiger charge is -2.05. The van der Waals surface area contributed by atoms with Crippen LogP contribution in [0, 0.1) is 0 Å². The fraction of sp³-hybridized carbons (Fsp3) is 0.143. The van der Waals surface area contributed by atoms with E-state index in [1.54, 1.807) is 24.3 Å². The van der Waals surface area contributed by atoms with Crippen molar-refractivity contribution in [2.75, 3.05) is 7.11 Å². The Hall–Kier alpha value is -2.20. The second-order valence-corrected chi connectivity index (χ2v) is 3.74. The van der Waals surface area contributed by atoms with Gasteiger partial charge < -0.3 is 9.84 Å². The third-order valence-corrected chi connectivity index (χ3v) is 2.55. The van der Waals surface area contributed by atoms with Crippen LogP contribution >= 0.6 is 0 Å². The molecule has 4 heteroatoms. The number of hydrogen-bond donors (Lipinski definition) is 1. The van der Waals surface area contributed by atoms with Gasteiger partial charge in [0.15, 0.2) is 0 Å². The average Bonchev–Trinajstić information content (AvgIpc) is 2.46. The summed E-state index contributed by atoms with van der Waals surface area (Å²) >= 11 is 0. The Morgan fingerprint density at radius 1 is 1.28 bits per heavy atom. The van der Waals surface area contributed by atoms with E-state index >= 15 is 0 Å². The summed E-state index contributed by atoms with van der Waals surface area (Å²) in [6, 6.07) is 12.4. The number of rotatable bonds is 3. The molecule has 0 unspecified atom stereocenters. The summed E-state index contributed by atoms with van der Waals surface area (Å²) in [5.41, 5.74) is 2.60. The number of pyridine rings is 1. The summed E-state index contributed by atoms with van der Waals surface area (Å²) in [6.45, 7) is -0.107. The van der Waals surface area contributed by atoms with Crippen LogP contribution in [0.1, 0.15) is 16.1 Å². The summed E-state index contributed by atoms with van der Waals surface area (Å²) in [7, 11) is 1.35. The minimum absolute atomic E-state index is 0.107. The molecular weight excluding hydrogens is 230 g/mol. The topological polar surface area (TPSA) is 59.4 Å². The number of carbonyl (C=O) groups excluding carboxylic acids is 1. The first kappa shape index (κ1) is 12.3. The molecule has 0 amide bonds. The lowest BCUT2D eigenvalue weighted by molar-refractivity contribution is 0.0601. The summed E-state index contributed by atoms with van der Waals surface area (Å²) in [5, 5.41) is 9.05. The number of nitrogens with zero attached hydrogens (tertiary/aromatic N) is 1. The fourth-order valence-electron chi connectivity index (χ4n) is 1.65. The second-order valence-electron chi connectivity index (χ2n) is 3.74. The monoisotopic (exact) mass is 243 g/mol. The number of ether oxygens (including phenoxy) is 1. The van der Waals surface area contributed by atoms with Crippen molar-refractivity contribution in [3.8, 4) is 11.3 Å². The van der Waals surface area contributed by atoms with Crippen molar-refractivity contribution in [3.05, 3.63) is 53.7 Å². The molecule has 1 heterocycles. The Kier molecular flexibility index (Phi) is 3.69. The predicted octanol–water partition coefficient (Wildman–Crippen LogP) is 2.03. The maximum absolute atomic E-state index is 11.4. The van der Waals surface area contributed by atoms with Gasteiger partial charge in [-0.25, -0.2) is 4.79 Å². The maximum atomic E-state index is 11.4. The van der Waals surface area contributed by atoms with Crippen molar-refractivity contribution >= 4 is 5.97 Å². The summed E-state index contributed by atoms with van der Waals surface area (Å²) < 4.78 is 4.67. The molecule has 0 fully saturated rings. The first-order valence-corrected chi connectivity index (χ1v) is 5.50. The molecule has 1 aromatic carbocycles. The first-order chi connectivity index (χ1) is 8.74. The largest absolute Gasteiger partial charge is 0.465 e. The quantitative estimate of drug-likeness (QED) is 0.838.